The maximum absolute atomic E-state index is 6.26. The van der Waals surface area contributed by atoms with E-state index in [0.717, 1.165) is 27.0 Å². The quantitative estimate of drug-likeness (QED) is 0.685. The molecule has 0 saturated carbocycles. The van der Waals surface area contributed by atoms with Crippen LogP contribution in [0.4, 0.5) is 0 Å². The molecule has 0 radical (unpaired) electrons. The molecule has 2 aromatic rings. The molecule has 2 rings (SSSR count). The number of halogens is 2. The summed E-state index contributed by atoms with van der Waals surface area (Å²) in [6.07, 6.45) is 0. The van der Waals surface area contributed by atoms with E-state index in [1.54, 1.807) is 7.11 Å². The summed E-state index contributed by atoms with van der Waals surface area (Å²) in [4.78, 5) is 9.07. The first-order chi connectivity index (χ1) is 9.74. The first-order valence-electron chi connectivity index (χ1n) is 6.62. The van der Waals surface area contributed by atoms with Crippen LogP contribution < -0.4 is 4.74 Å². The second-order valence-corrected chi connectivity index (χ2v) is 7.11. The third-order valence-corrected chi connectivity index (χ3v) is 4.37. The van der Waals surface area contributed by atoms with Crippen LogP contribution in [-0.4, -0.2) is 17.1 Å². The van der Waals surface area contributed by atoms with Gasteiger partial charge in [-0.3, -0.25) is 0 Å². The van der Waals surface area contributed by atoms with Crippen LogP contribution in [0.1, 0.15) is 32.0 Å². The summed E-state index contributed by atoms with van der Waals surface area (Å²) in [7, 11) is 1.64. The van der Waals surface area contributed by atoms with Gasteiger partial charge in [-0.15, -0.1) is 0 Å². The van der Waals surface area contributed by atoms with Gasteiger partial charge in [-0.25, -0.2) is 9.97 Å². The van der Waals surface area contributed by atoms with Crippen molar-refractivity contribution >= 4 is 27.5 Å². The Kier molecular flexibility index (Phi) is 4.59. The van der Waals surface area contributed by atoms with Crippen molar-refractivity contribution in [2.24, 2.45) is 0 Å². The van der Waals surface area contributed by atoms with Crippen molar-refractivity contribution in [3.05, 3.63) is 39.1 Å². The molecular formula is C16H18BrClN2O. The van der Waals surface area contributed by atoms with Gasteiger partial charge >= 0.3 is 0 Å². The number of ether oxygens (including phenoxy) is 1. The van der Waals surface area contributed by atoms with Gasteiger partial charge in [0.2, 0.25) is 0 Å². The third-order valence-electron chi connectivity index (χ3n) is 3.12. The summed E-state index contributed by atoms with van der Waals surface area (Å²) in [6.45, 7) is 8.29. The topological polar surface area (TPSA) is 35.0 Å². The lowest BCUT2D eigenvalue weighted by atomic mass is 9.92. The fraction of sp³-hybridized carbons (Fsp3) is 0.375. The fourth-order valence-corrected chi connectivity index (χ4v) is 2.96. The van der Waals surface area contributed by atoms with Crippen LogP contribution in [-0.2, 0) is 5.41 Å². The summed E-state index contributed by atoms with van der Waals surface area (Å²) >= 11 is 9.74. The Morgan fingerprint density at radius 1 is 1.19 bits per heavy atom. The molecule has 0 aliphatic rings. The molecule has 0 aliphatic heterocycles. The predicted octanol–water partition coefficient (Wildman–Crippen LogP) is 5.17. The second-order valence-electron chi connectivity index (χ2n) is 5.95. The van der Waals surface area contributed by atoms with Crippen LogP contribution in [0.3, 0.4) is 0 Å². The Morgan fingerprint density at radius 2 is 1.86 bits per heavy atom. The molecule has 0 N–H and O–H groups in total. The van der Waals surface area contributed by atoms with E-state index in [1.165, 1.54) is 0 Å². The molecule has 0 aliphatic carbocycles. The SMILES string of the molecule is COc1cc(C)ccc1-c1nc(Cl)c(Br)c(C(C)(C)C)n1. The van der Waals surface area contributed by atoms with Crippen molar-refractivity contribution in [3.63, 3.8) is 0 Å². The molecule has 3 nitrogen and oxygen atoms in total. The van der Waals surface area contributed by atoms with Crippen LogP contribution in [0.25, 0.3) is 11.4 Å². The molecule has 21 heavy (non-hydrogen) atoms. The van der Waals surface area contributed by atoms with Gasteiger partial charge in [0.1, 0.15) is 10.9 Å². The molecule has 1 aromatic heterocycles. The minimum Gasteiger partial charge on any atom is -0.496 e. The average Bonchev–Trinajstić information content (AvgIpc) is 2.40. The lowest BCUT2D eigenvalue weighted by Gasteiger charge is -2.21. The van der Waals surface area contributed by atoms with Gasteiger partial charge in [0.25, 0.3) is 0 Å². The number of rotatable bonds is 2. The molecule has 1 aromatic carbocycles. The highest BCUT2D eigenvalue weighted by Gasteiger charge is 2.23. The number of aromatic nitrogens is 2. The number of benzene rings is 1. The van der Waals surface area contributed by atoms with Gasteiger partial charge in [0.15, 0.2) is 5.82 Å². The average molecular weight is 370 g/mol. The number of nitrogens with zero attached hydrogens (tertiary/aromatic N) is 2. The maximum Gasteiger partial charge on any atom is 0.164 e. The summed E-state index contributed by atoms with van der Waals surface area (Å²) in [5.41, 5.74) is 2.69. The van der Waals surface area contributed by atoms with Crippen molar-refractivity contribution in [1.29, 1.82) is 0 Å². The predicted molar refractivity (Wildman–Crippen MR) is 90.2 cm³/mol. The first kappa shape index (κ1) is 16.2. The Labute approximate surface area is 138 Å². The van der Waals surface area contributed by atoms with Gasteiger partial charge in [-0.05, 0) is 40.5 Å². The summed E-state index contributed by atoms with van der Waals surface area (Å²) < 4.78 is 6.18. The molecule has 112 valence electrons. The van der Waals surface area contributed by atoms with E-state index < -0.39 is 0 Å². The molecular weight excluding hydrogens is 352 g/mol. The van der Waals surface area contributed by atoms with Gasteiger partial charge in [-0.2, -0.15) is 0 Å². The third kappa shape index (κ3) is 3.38. The van der Waals surface area contributed by atoms with Crippen LogP contribution >= 0.6 is 27.5 Å². The van der Waals surface area contributed by atoms with Crippen molar-refractivity contribution in [3.8, 4) is 17.1 Å². The van der Waals surface area contributed by atoms with Gasteiger partial charge in [0.05, 0.1) is 22.8 Å². The highest BCUT2D eigenvalue weighted by Crippen LogP contribution is 2.36. The van der Waals surface area contributed by atoms with Crippen molar-refractivity contribution in [2.45, 2.75) is 33.1 Å². The minimum absolute atomic E-state index is 0.141. The van der Waals surface area contributed by atoms with Gasteiger partial charge in [0, 0.05) is 5.41 Å². The molecule has 0 atom stereocenters. The van der Waals surface area contributed by atoms with E-state index in [4.69, 9.17) is 21.3 Å². The van der Waals surface area contributed by atoms with E-state index in [0.29, 0.717) is 11.0 Å². The summed E-state index contributed by atoms with van der Waals surface area (Å²) in [6, 6.07) is 5.93. The Balaban J connectivity index is 2.68. The molecule has 0 fully saturated rings. The molecule has 5 heteroatoms. The highest BCUT2D eigenvalue weighted by atomic mass is 79.9. The zero-order chi connectivity index (χ0) is 15.8. The van der Waals surface area contributed by atoms with Crippen LogP contribution in [0.2, 0.25) is 5.15 Å². The van der Waals surface area contributed by atoms with E-state index in [-0.39, 0.29) is 5.41 Å². The first-order valence-corrected chi connectivity index (χ1v) is 7.79. The summed E-state index contributed by atoms with van der Waals surface area (Å²) in [5, 5.41) is 0.410. The molecule has 1 heterocycles. The molecule has 0 amide bonds. The normalized spacial score (nSPS) is 11.6. The van der Waals surface area contributed by atoms with Gasteiger partial charge < -0.3 is 4.74 Å². The Morgan fingerprint density at radius 3 is 2.43 bits per heavy atom. The number of aryl methyl sites for hydroxylation is 1. The van der Waals surface area contributed by atoms with E-state index >= 15 is 0 Å². The van der Waals surface area contributed by atoms with Crippen molar-refractivity contribution in [2.75, 3.05) is 7.11 Å². The second kappa shape index (κ2) is 5.93. The number of hydrogen-bond donors (Lipinski definition) is 0. The van der Waals surface area contributed by atoms with Crippen molar-refractivity contribution < 1.29 is 4.74 Å². The van der Waals surface area contributed by atoms with E-state index in [9.17, 15) is 0 Å². The maximum atomic E-state index is 6.26. The largest absolute Gasteiger partial charge is 0.496 e. The van der Waals surface area contributed by atoms with Crippen LogP contribution in [0, 0.1) is 6.92 Å². The zero-order valence-corrected chi connectivity index (χ0v) is 15.1. The monoisotopic (exact) mass is 368 g/mol. The minimum atomic E-state index is -0.141. The lowest BCUT2D eigenvalue weighted by molar-refractivity contribution is 0.415. The lowest BCUT2D eigenvalue weighted by Crippen LogP contribution is -2.16. The number of hydrogen-bond acceptors (Lipinski definition) is 3. The zero-order valence-electron chi connectivity index (χ0n) is 12.8. The van der Waals surface area contributed by atoms with Gasteiger partial charge in [-0.1, -0.05) is 38.4 Å². The fourth-order valence-electron chi connectivity index (χ4n) is 2.02. The van der Waals surface area contributed by atoms with E-state index in [1.807, 2.05) is 25.1 Å². The Hall–Kier alpha value is -1.13. The molecule has 0 saturated heterocycles. The van der Waals surface area contributed by atoms with E-state index in [2.05, 4.69) is 41.7 Å². The molecule has 0 bridgehead atoms. The molecule has 0 unspecified atom stereocenters. The smallest absolute Gasteiger partial charge is 0.164 e. The number of methoxy groups -OCH3 is 1. The van der Waals surface area contributed by atoms with Crippen LogP contribution in [0.15, 0.2) is 22.7 Å². The highest BCUT2D eigenvalue weighted by molar-refractivity contribution is 9.10. The summed E-state index contributed by atoms with van der Waals surface area (Å²) in [5.74, 6) is 1.32. The Bertz CT molecular complexity index is 681. The molecule has 0 spiro atoms. The van der Waals surface area contributed by atoms with Crippen LogP contribution in [0.5, 0.6) is 5.75 Å². The van der Waals surface area contributed by atoms with Crippen molar-refractivity contribution in [1.82, 2.24) is 9.97 Å². The standard InChI is InChI=1S/C16H18BrClN2O/c1-9-6-7-10(11(8-9)21-5)15-19-13(16(2,3)4)12(17)14(18)20-15/h6-8H,1-5H3.